The van der Waals surface area contributed by atoms with Crippen molar-refractivity contribution in [2.75, 3.05) is 19.8 Å². The van der Waals surface area contributed by atoms with Crippen molar-refractivity contribution >= 4 is 0 Å². The molecule has 0 bridgehead atoms. The molecule has 2 heteroatoms. The van der Waals surface area contributed by atoms with Crippen LogP contribution in [0.25, 0.3) is 0 Å². The van der Waals surface area contributed by atoms with Crippen LogP contribution < -0.4 is 5.73 Å². The van der Waals surface area contributed by atoms with E-state index < -0.39 is 0 Å². The molecule has 0 radical (unpaired) electrons. The van der Waals surface area contributed by atoms with E-state index in [2.05, 4.69) is 13.8 Å². The predicted molar refractivity (Wildman–Crippen MR) is 41.8 cm³/mol. The van der Waals surface area contributed by atoms with E-state index in [1.165, 1.54) is 6.42 Å². The molecular weight excluding hydrogens is 126 g/mol. The Bertz CT molecular complexity index is 104. The highest BCUT2D eigenvalue weighted by molar-refractivity contribution is 4.90. The largest absolute Gasteiger partial charge is 0.380 e. The first-order chi connectivity index (χ1) is 4.75. The van der Waals surface area contributed by atoms with E-state index in [9.17, 15) is 0 Å². The Morgan fingerprint density at radius 1 is 1.60 bits per heavy atom. The first-order valence-electron chi connectivity index (χ1n) is 4.03. The molecule has 1 saturated heterocycles. The average Bonchev–Trinajstić information content (AvgIpc) is 1.86. The van der Waals surface area contributed by atoms with Gasteiger partial charge in [0.15, 0.2) is 0 Å². The van der Waals surface area contributed by atoms with Crippen molar-refractivity contribution in [3.05, 3.63) is 0 Å². The Hall–Kier alpha value is -0.0800. The lowest BCUT2D eigenvalue weighted by atomic mass is 9.73. The number of hydrogen-bond donors (Lipinski definition) is 1. The molecule has 2 N–H and O–H groups in total. The molecule has 60 valence electrons. The minimum atomic E-state index is 0.328. The lowest BCUT2D eigenvalue weighted by molar-refractivity contribution is -0.136. The average molecular weight is 143 g/mol. The van der Waals surface area contributed by atoms with Gasteiger partial charge in [0, 0.05) is 12.0 Å². The lowest BCUT2D eigenvalue weighted by Gasteiger charge is -2.45. The second-order valence-corrected chi connectivity index (χ2v) is 3.37. The van der Waals surface area contributed by atoms with Crippen molar-refractivity contribution < 1.29 is 4.74 Å². The molecule has 0 amide bonds. The van der Waals surface area contributed by atoms with Gasteiger partial charge in [0.2, 0.25) is 0 Å². The highest BCUT2D eigenvalue weighted by Crippen LogP contribution is 2.36. The summed E-state index contributed by atoms with van der Waals surface area (Å²) in [6, 6.07) is 0. The third-order valence-corrected chi connectivity index (χ3v) is 2.84. The first-order valence-corrected chi connectivity index (χ1v) is 4.03. The quantitative estimate of drug-likeness (QED) is 0.640. The Labute approximate surface area is 62.7 Å². The van der Waals surface area contributed by atoms with E-state index >= 15 is 0 Å². The molecule has 1 aliphatic rings. The van der Waals surface area contributed by atoms with Gasteiger partial charge in [-0.1, -0.05) is 20.3 Å². The Morgan fingerprint density at radius 3 is 2.30 bits per heavy atom. The summed E-state index contributed by atoms with van der Waals surface area (Å²) < 4.78 is 5.17. The van der Waals surface area contributed by atoms with Gasteiger partial charge in [0.1, 0.15) is 0 Å². The molecule has 10 heavy (non-hydrogen) atoms. The molecule has 1 heterocycles. The zero-order chi connectivity index (χ0) is 7.61. The summed E-state index contributed by atoms with van der Waals surface area (Å²) in [6.45, 7) is 6.99. The van der Waals surface area contributed by atoms with Crippen LogP contribution in [0.4, 0.5) is 0 Å². The van der Waals surface area contributed by atoms with Crippen LogP contribution in [0.2, 0.25) is 0 Å². The van der Waals surface area contributed by atoms with E-state index in [4.69, 9.17) is 10.5 Å². The summed E-state index contributed by atoms with van der Waals surface area (Å²) in [4.78, 5) is 0. The van der Waals surface area contributed by atoms with Gasteiger partial charge in [-0.3, -0.25) is 0 Å². The van der Waals surface area contributed by atoms with Crippen molar-refractivity contribution in [3.63, 3.8) is 0 Å². The fourth-order valence-corrected chi connectivity index (χ4v) is 1.40. The first kappa shape index (κ1) is 8.02. The van der Waals surface area contributed by atoms with Gasteiger partial charge >= 0.3 is 0 Å². The lowest BCUT2D eigenvalue weighted by Crippen LogP contribution is -2.52. The summed E-state index contributed by atoms with van der Waals surface area (Å²) in [5, 5.41) is 0. The molecule has 2 nitrogen and oxygen atoms in total. The van der Waals surface area contributed by atoms with Gasteiger partial charge in [0.05, 0.1) is 13.2 Å². The summed E-state index contributed by atoms with van der Waals surface area (Å²) in [5.41, 5.74) is 5.99. The predicted octanol–water partition coefficient (Wildman–Crippen LogP) is 1.01. The van der Waals surface area contributed by atoms with Gasteiger partial charge in [-0.2, -0.15) is 0 Å². The van der Waals surface area contributed by atoms with Crippen LogP contribution in [-0.2, 0) is 4.74 Å². The smallest absolute Gasteiger partial charge is 0.0559 e. The highest BCUT2D eigenvalue weighted by atomic mass is 16.5. The molecule has 1 aliphatic heterocycles. The van der Waals surface area contributed by atoms with Crippen LogP contribution in [-0.4, -0.2) is 19.8 Å². The molecule has 0 aliphatic carbocycles. The molecule has 1 fully saturated rings. The van der Waals surface area contributed by atoms with E-state index in [0.29, 0.717) is 11.3 Å². The van der Waals surface area contributed by atoms with E-state index in [-0.39, 0.29) is 0 Å². The number of hydrogen-bond acceptors (Lipinski definition) is 2. The molecule has 0 aromatic heterocycles. The minimum Gasteiger partial charge on any atom is -0.380 e. The van der Waals surface area contributed by atoms with Crippen LogP contribution in [0.1, 0.15) is 20.3 Å². The van der Waals surface area contributed by atoms with E-state index in [0.717, 1.165) is 19.8 Å². The number of nitrogens with two attached hydrogens (primary N) is 1. The summed E-state index contributed by atoms with van der Waals surface area (Å²) in [5.74, 6) is 0.714. The van der Waals surface area contributed by atoms with Crippen LogP contribution in [0, 0.1) is 11.3 Å². The summed E-state index contributed by atoms with van der Waals surface area (Å²) >= 11 is 0. The van der Waals surface area contributed by atoms with Crippen LogP contribution in [0.3, 0.4) is 0 Å². The van der Waals surface area contributed by atoms with E-state index in [1.54, 1.807) is 0 Å². The second kappa shape index (κ2) is 2.89. The van der Waals surface area contributed by atoms with Gasteiger partial charge in [-0.15, -0.1) is 0 Å². The van der Waals surface area contributed by atoms with Gasteiger partial charge in [0.25, 0.3) is 0 Å². The monoisotopic (exact) mass is 143 g/mol. The van der Waals surface area contributed by atoms with Gasteiger partial charge in [-0.05, 0) is 5.92 Å². The van der Waals surface area contributed by atoms with Crippen molar-refractivity contribution in [1.82, 2.24) is 0 Å². The van der Waals surface area contributed by atoms with Crippen LogP contribution in [0.5, 0.6) is 0 Å². The zero-order valence-corrected chi connectivity index (χ0v) is 6.89. The molecular formula is C8H17NO. The Morgan fingerprint density at radius 2 is 2.20 bits per heavy atom. The number of rotatable bonds is 3. The Balaban J connectivity index is 2.46. The molecule has 0 saturated carbocycles. The maximum absolute atomic E-state index is 5.67. The van der Waals surface area contributed by atoms with Crippen LogP contribution >= 0.6 is 0 Å². The van der Waals surface area contributed by atoms with Crippen LogP contribution in [0.15, 0.2) is 0 Å². The summed E-state index contributed by atoms with van der Waals surface area (Å²) in [7, 11) is 0. The topological polar surface area (TPSA) is 35.2 Å². The fraction of sp³-hybridized carbons (Fsp3) is 1.00. The highest BCUT2D eigenvalue weighted by Gasteiger charge is 2.41. The second-order valence-electron chi connectivity index (χ2n) is 3.37. The number of ether oxygens (including phenoxy) is 1. The van der Waals surface area contributed by atoms with Crippen molar-refractivity contribution in [3.8, 4) is 0 Å². The van der Waals surface area contributed by atoms with Crippen molar-refractivity contribution in [2.45, 2.75) is 20.3 Å². The minimum absolute atomic E-state index is 0.328. The zero-order valence-electron chi connectivity index (χ0n) is 6.89. The molecule has 0 aromatic rings. The Kier molecular flexibility index (Phi) is 2.32. The maximum Gasteiger partial charge on any atom is 0.0559 e. The molecule has 0 aromatic carbocycles. The third kappa shape index (κ3) is 1.06. The van der Waals surface area contributed by atoms with Gasteiger partial charge < -0.3 is 10.5 Å². The molecule has 0 spiro atoms. The molecule has 1 atom stereocenters. The SMILES string of the molecule is CCC(C)C1(CN)COC1. The standard InChI is InChI=1S/C8H17NO/c1-3-7(2)8(4-9)5-10-6-8/h7H,3-6,9H2,1-2H3. The summed E-state index contributed by atoms with van der Waals surface area (Å²) in [6.07, 6.45) is 1.21. The van der Waals surface area contributed by atoms with Crippen molar-refractivity contribution in [1.29, 1.82) is 0 Å². The normalized spacial score (nSPS) is 25.5. The molecule has 1 rings (SSSR count). The third-order valence-electron chi connectivity index (χ3n) is 2.84. The van der Waals surface area contributed by atoms with E-state index in [1.807, 2.05) is 0 Å². The maximum atomic E-state index is 5.67. The van der Waals surface area contributed by atoms with Gasteiger partial charge in [-0.25, -0.2) is 0 Å². The molecule has 1 unspecified atom stereocenters. The van der Waals surface area contributed by atoms with Crippen molar-refractivity contribution in [2.24, 2.45) is 17.1 Å². The fourth-order valence-electron chi connectivity index (χ4n) is 1.40.